The van der Waals surface area contributed by atoms with E-state index in [4.69, 9.17) is 4.74 Å². The number of hydrogen-bond donors (Lipinski definition) is 0. The van der Waals surface area contributed by atoms with Crippen molar-refractivity contribution in [2.24, 2.45) is 5.92 Å². The molecule has 0 saturated carbocycles. The molecule has 0 spiro atoms. The third-order valence-corrected chi connectivity index (χ3v) is 5.82. The van der Waals surface area contributed by atoms with Crippen LogP contribution in [0.3, 0.4) is 0 Å². The lowest BCUT2D eigenvalue weighted by atomic mass is 9.93. The summed E-state index contributed by atoms with van der Waals surface area (Å²) in [6, 6.07) is 7.77. The van der Waals surface area contributed by atoms with Crippen LogP contribution in [0.4, 0.5) is 0 Å². The van der Waals surface area contributed by atoms with Gasteiger partial charge in [-0.2, -0.15) is 0 Å². The van der Waals surface area contributed by atoms with Gasteiger partial charge in [0.15, 0.2) is 0 Å². The highest BCUT2D eigenvalue weighted by Crippen LogP contribution is 2.22. The molecule has 0 N–H and O–H groups in total. The lowest BCUT2D eigenvalue weighted by Crippen LogP contribution is -2.52. The molecule has 2 aliphatic heterocycles. The Morgan fingerprint density at radius 2 is 1.81 bits per heavy atom. The number of carbonyl (C=O) groups excluding carboxylic acids is 2. The zero-order chi connectivity index (χ0) is 19.2. The Balaban J connectivity index is 1.46. The monoisotopic (exact) mass is 373 g/mol. The van der Waals surface area contributed by atoms with E-state index in [1.807, 2.05) is 29.2 Å². The van der Waals surface area contributed by atoms with Crippen LogP contribution in [-0.2, 0) is 16.1 Å². The quantitative estimate of drug-likeness (QED) is 0.765. The number of rotatable bonds is 6. The van der Waals surface area contributed by atoms with Crippen molar-refractivity contribution in [3.05, 3.63) is 29.8 Å². The molecule has 2 amide bonds. The molecule has 6 heteroatoms. The molecule has 0 radical (unpaired) electrons. The summed E-state index contributed by atoms with van der Waals surface area (Å²) < 4.78 is 5.17. The number of methoxy groups -OCH3 is 1. The number of carbonyl (C=O) groups is 2. The fourth-order valence-corrected chi connectivity index (χ4v) is 3.92. The van der Waals surface area contributed by atoms with Gasteiger partial charge in [-0.05, 0) is 56.1 Å². The maximum atomic E-state index is 12.6. The minimum Gasteiger partial charge on any atom is -0.497 e. The van der Waals surface area contributed by atoms with Gasteiger partial charge >= 0.3 is 0 Å². The second kappa shape index (κ2) is 9.22. The van der Waals surface area contributed by atoms with Crippen LogP contribution in [0, 0.1) is 5.92 Å². The smallest absolute Gasteiger partial charge is 0.242 e. The molecule has 0 bridgehead atoms. The second-order valence-electron chi connectivity index (χ2n) is 7.56. The molecule has 2 heterocycles. The molecule has 2 aliphatic rings. The van der Waals surface area contributed by atoms with Gasteiger partial charge in [0.05, 0.1) is 13.7 Å². The van der Waals surface area contributed by atoms with Gasteiger partial charge in [0, 0.05) is 26.1 Å². The maximum absolute atomic E-state index is 12.6. The van der Waals surface area contributed by atoms with Gasteiger partial charge in [-0.1, -0.05) is 19.1 Å². The van der Waals surface area contributed by atoms with Gasteiger partial charge in [0.25, 0.3) is 0 Å². The van der Waals surface area contributed by atoms with Gasteiger partial charge in [0.1, 0.15) is 5.75 Å². The van der Waals surface area contributed by atoms with Crippen LogP contribution >= 0.6 is 0 Å². The SMILES string of the molecule is CCN1CCC(CC(=O)N2CCN(Cc3ccc(OC)cc3)C(=O)C2)CC1. The Labute approximate surface area is 162 Å². The lowest BCUT2D eigenvalue weighted by Gasteiger charge is -2.36. The predicted molar refractivity (Wildman–Crippen MR) is 104 cm³/mol. The second-order valence-corrected chi connectivity index (χ2v) is 7.56. The average Bonchev–Trinajstić information content (AvgIpc) is 2.70. The van der Waals surface area contributed by atoms with Crippen LogP contribution in [-0.4, -0.2) is 72.9 Å². The molecule has 6 nitrogen and oxygen atoms in total. The third kappa shape index (κ3) is 5.22. The summed E-state index contributed by atoms with van der Waals surface area (Å²) in [4.78, 5) is 31.2. The van der Waals surface area contributed by atoms with Crippen molar-refractivity contribution in [1.29, 1.82) is 0 Å². The van der Waals surface area contributed by atoms with E-state index in [0.29, 0.717) is 32.0 Å². The zero-order valence-corrected chi connectivity index (χ0v) is 16.5. The highest BCUT2D eigenvalue weighted by molar-refractivity contribution is 5.86. The van der Waals surface area contributed by atoms with E-state index in [1.165, 1.54) is 0 Å². The number of piperazine rings is 1. The highest BCUT2D eigenvalue weighted by atomic mass is 16.5. The first-order valence-corrected chi connectivity index (χ1v) is 10.00. The molecule has 0 unspecified atom stereocenters. The van der Waals surface area contributed by atoms with Crippen molar-refractivity contribution in [3.63, 3.8) is 0 Å². The van der Waals surface area contributed by atoms with Crippen LogP contribution in [0.1, 0.15) is 31.7 Å². The van der Waals surface area contributed by atoms with Crippen molar-refractivity contribution in [3.8, 4) is 5.75 Å². The average molecular weight is 373 g/mol. The molecule has 3 rings (SSSR count). The fraction of sp³-hybridized carbons (Fsp3) is 0.619. The van der Waals surface area contributed by atoms with Crippen molar-refractivity contribution < 1.29 is 14.3 Å². The standard InChI is InChI=1S/C21H31N3O3/c1-3-22-10-8-17(9-11-22)14-20(25)24-13-12-23(21(26)16-24)15-18-4-6-19(27-2)7-5-18/h4-7,17H,3,8-16H2,1-2H3. The van der Waals surface area contributed by atoms with Crippen LogP contribution in [0.2, 0.25) is 0 Å². The van der Waals surface area contributed by atoms with E-state index in [0.717, 1.165) is 43.8 Å². The summed E-state index contributed by atoms with van der Waals surface area (Å²) in [7, 11) is 1.64. The fourth-order valence-electron chi connectivity index (χ4n) is 3.92. The normalized spacial score (nSPS) is 19.4. The topological polar surface area (TPSA) is 53.1 Å². The van der Waals surface area contributed by atoms with Crippen LogP contribution in [0.15, 0.2) is 24.3 Å². The van der Waals surface area contributed by atoms with E-state index in [-0.39, 0.29) is 18.4 Å². The Morgan fingerprint density at radius 3 is 2.41 bits per heavy atom. The van der Waals surface area contributed by atoms with E-state index in [1.54, 1.807) is 12.0 Å². The number of hydrogen-bond acceptors (Lipinski definition) is 4. The Hall–Kier alpha value is -2.08. The minimum atomic E-state index is 0.0335. The number of amides is 2. The maximum Gasteiger partial charge on any atom is 0.242 e. The number of nitrogens with zero attached hydrogens (tertiary/aromatic N) is 3. The molecule has 0 aliphatic carbocycles. The molecule has 1 aromatic rings. The van der Waals surface area contributed by atoms with Gasteiger partial charge in [0.2, 0.25) is 11.8 Å². The Kier molecular flexibility index (Phi) is 6.72. The molecule has 2 saturated heterocycles. The first kappa shape index (κ1) is 19.7. The van der Waals surface area contributed by atoms with E-state index in [9.17, 15) is 9.59 Å². The first-order valence-electron chi connectivity index (χ1n) is 10.00. The molecule has 1 aromatic carbocycles. The van der Waals surface area contributed by atoms with Gasteiger partial charge < -0.3 is 19.4 Å². The third-order valence-electron chi connectivity index (χ3n) is 5.82. The number of ether oxygens (including phenoxy) is 1. The first-order chi connectivity index (χ1) is 13.1. The van der Waals surface area contributed by atoms with Crippen molar-refractivity contribution >= 4 is 11.8 Å². The van der Waals surface area contributed by atoms with Crippen LogP contribution in [0.25, 0.3) is 0 Å². The summed E-state index contributed by atoms with van der Waals surface area (Å²) in [5.41, 5.74) is 1.08. The van der Waals surface area contributed by atoms with Crippen molar-refractivity contribution in [2.45, 2.75) is 32.7 Å². The number of likely N-dealkylation sites (tertiary alicyclic amines) is 1. The molecule has 148 valence electrons. The minimum absolute atomic E-state index is 0.0335. The summed E-state index contributed by atoms with van der Waals surface area (Å²) in [6.45, 7) is 7.47. The van der Waals surface area contributed by atoms with Crippen LogP contribution in [0.5, 0.6) is 5.75 Å². The summed E-state index contributed by atoms with van der Waals surface area (Å²) in [6.07, 6.45) is 2.76. The molecular formula is C21H31N3O3. The Bertz CT molecular complexity index is 639. The van der Waals surface area contributed by atoms with Crippen molar-refractivity contribution in [2.75, 3.05) is 46.4 Å². The van der Waals surface area contributed by atoms with Gasteiger partial charge in [-0.25, -0.2) is 0 Å². The molecule has 27 heavy (non-hydrogen) atoms. The summed E-state index contributed by atoms with van der Waals surface area (Å²) in [5.74, 6) is 1.45. The highest BCUT2D eigenvalue weighted by Gasteiger charge is 2.29. The lowest BCUT2D eigenvalue weighted by molar-refractivity contribution is -0.146. The molecular weight excluding hydrogens is 342 g/mol. The van der Waals surface area contributed by atoms with E-state index in [2.05, 4.69) is 11.8 Å². The van der Waals surface area contributed by atoms with E-state index >= 15 is 0 Å². The Morgan fingerprint density at radius 1 is 1.11 bits per heavy atom. The van der Waals surface area contributed by atoms with Gasteiger partial charge in [-0.15, -0.1) is 0 Å². The molecule has 0 atom stereocenters. The zero-order valence-electron chi connectivity index (χ0n) is 16.5. The van der Waals surface area contributed by atoms with Crippen LogP contribution < -0.4 is 4.74 Å². The summed E-state index contributed by atoms with van der Waals surface area (Å²) in [5, 5.41) is 0. The van der Waals surface area contributed by atoms with Crippen molar-refractivity contribution in [1.82, 2.24) is 14.7 Å². The van der Waals surface area contributed by atoms with Gasteiger partial charge in [-0.3, -0.25) is 9.59 Å². The molecule has 0 aromatic heterocycles. The van der Waals surface area contributed by atoms with E-state index < -0.39 is 0 Å². The molecule has 2 fully saturated rings. The number of piperidine rings is 1. The summed E-state index contributed by atoms with van der Waals surface area (Å²) >= 11 is 0. The predicted octanol–water partition coefficient (Wildman–Crippen LogP) is 1.99. The number of benzene rings is 1. The largest absolute Gasteiger partial charge is 0.497 e.